The van der Waals surface area contributed by atoms with Crippen molar-refractivity contribution in [2.75, 3.05) is 33.8 Å². The molecule has 0 bridgehead atoms. The van der Waals surface area contributed by atoms with E-state index in [9.17, 15) is 14.7 Å². The Morgan fingerprint density at radius 3 is 2.67 bits per heavy atom. The van der Waals surface area contributed by atoms with Crippen LogP contribution in [0.5, 0.6) is 5.75 Å². The fourth-order valence-electron chi connectivity index (χ4n) is 4.13. The maximum absolute atomic E-state index is 13.9. The molecule has 186 valence electrons. The van der Waals surface area contributed by atoms with Gasteiger partial charge in [0.1, 0.15) is 17.4 Å². The van der Waals surface area contributed by atoms with Crippen LogP contribution in [-0.2, 0) is 4.79 Å². The predicted octanol–water partition coefficient (Wildman–Crippen LogP) is 4.82. The summed E-state index contributed by atoms with van der Waals surface area (Å²) in [6.07, 6.45) is 1.65. The van der Waals surface area contributed by atoms with Crippen LogP contribution >= 0.6 is 11.3 Å². The number of nitrogens with zero attached hydrogens (tertiary/aromatic N) is 3. The third kappa shape index (κ3) is 5.10. The molecule has 7 nitrogen and oxygen atoms in total. The topological polar surface area (TPSA) is 83.0 Å². The Balaban J connectivity index is 1.77. The molecule has 1 aliphatic heterocycles. The Labute approximate surface area is 215 Å². The summed E-state index contributed by atoms with van der Waals surface area (Å²) in [5, 5.41) is 11.7. The van der Waals surface area contributed by atoms with Gasteiger partial charge in [0, 0.05) is 18.7 Å². The second-order valence-electron chi connectivity index (χ2n) is 8.77. The van der Waals surface area contributed by atoms with E-state index in [1.807, 2.05) is 61.5 Å². The Bertz CT molecular complexity index is 1310. The molecule has 1 atom stereocenters. The molecule has 0 aliphatic carbocycles. The minimum Gasteiger partial charge on any atom is -0.503 e. The van der Waals surface area contributed by atoms with Gasteiger partial charge in [-0.25, -0.2) is 4.98 Å². The Kier molecular flexibility index (Phi) is 7.67. The quantitative estimate of drug-likeness (QED) is 0.315. The molecule has 1 aliphatic rings. The number of ether oxygens (including phenoxy) is 1. The lowest BCUT2D eigenvalue weighted by molar-refractivity contribution is -0.129. The molecular formula is C28H29N3O4S. The largest absolute Gasteiger partial charge is 0.503 e. The van der Waals surface area contributed by atoms with Crippen LogP contribution in [0.3, 0.4) is 0 Å². The van der Waals surface area contributed by atoms with Crippen LogP contribution in [0.4, 0.5) is 0 Å². The number of likely N-dealkylation sites (N-methyl/N-ethyl adjacent to an activating group) is 1. The molecule has 2 heterocycles. The van der Waals surface area contributed by atoms with Gasteiger partial charge in [-0.1, -0.05) is 55.1 Å². The predicted molar refractivity (Wildman–Crippen MR) is 141 cm³/mol. The second-order valence-corrected chi connectivity index (χ2v) is 9.77. The second kappa shape index (κ2) is 10.9. The van der Waals surface area contributed by atoms with E-state index in [1.54, 1.807) is 30.0 Å². The summed E-state index contributed by atoms with van der Waals surface area (Å²) >= 11 is 1.26. The summed E-state index contributed by atoms with van der Waals surface area (Å²) in [5.74, 6) is -0.887. The van der Waals surface area contributed by atoms with Crippen LogP contribution in [0.15, 0.2) is 78.6 Å². The lowest BCUT2D eigenvalue weighted by Gasteiger charge is -2.28. The van der Waals surface area contributed by atoms with Crippen LogP contribution in [0.2, 0.25) is 0 Å². The van der Waals surface area contributed by atoms with E-state index in [0.717, 1.165) is 5.56 Å². The minimum atomic E-state index is -0.751. The highest BCUT2D eigenvalue weighted by molar-refractivity contribution is 7.17. The minimum absolute atomic E-state index is 0.0611. The smallest absolute Gasteiger partial charge is 0.290 e. The van der Waals surface area contributed by atoms with Crippen LogP contribution in [0.25, 0.3) is 10.6 Å². The van der Waals surface area contributed by atoms with E-state index < -0.39 is 23.5 Å². The van der Waals surface area contributed by atoms with E-state index in [-0.39, 0.29) is 5.57 Å². The van der Waals surface area contributed by atoms with E-state index >= 15 is 0 Å². The summed E-state index contributed by atoms with van der Waals surface area (Å²) in [6, 6.07) is 16.1. The molecule has 8 heteroatoms. The highest BCUT2D eigenvalue weighted by Gasteiger charge is 2.44. The highest BCUT2D eigenvalue weighted by atomic mass is 32.1. The molecule has 0 radical (unpaired) electrons. The van der Waals surface area contributed by atoms with Gasteiger partial charge in [0.15, 0.2) is 5.76 Å². The van der Waals surface area contributed by atoms with Gasteiger partial charge < -0.3 is 19.6 Å². The van der Waals surface area contributed by atoms with Crippen molar-refractivity contribution in [2.45, 2.75) is 13.0 Å². The molecule has 1 unspecified atom stereocenters. The average molecular weight is 504 g/mol. The van der Waals surface area contributed by atoms with Gasteiger partial charge in [0.05, 0.1) is 22.2 Å². The van der Waals surface area contributed by atoms with Gasteiger partial charge in [0.2, 0.25) is 5.78 Å². The molecule has 1 N–H and O–H groups in total. The molecule has 0 saturated carbocycles. The number of aliphatic hydroxyl groups is 1. The lowest BCUT2D eigenvalue weighted by Crippen LogP contribution is -2.36. The first kappa shape index (κ1) is 25.3. The highest BCUT2D eigenvalue weighted by Crippen LogP contribution is 2.41. The molecule has 36 heavy (non-hydrogen) atoms. The van der Waals surface area contributed by atoms with Gasteiger partial charge in [0.25, 0.3) is 5.91 Å². The van der Waals surface area contributed by atoms with Crippen LogP contribution in [0, 0.1) is 6.92 Å². The Hall–Kier alpha value is -3.75. The number of ketones is 1. The van der Waals surface area contributed by atoms with Crippen LogP contribution in [-0.4, -0.2) is 65.4 Å². The van der Waals surface area contributed by atoms with Crippen molar-refractivity contribution in [3.05, 3.63) is 94.7 Å². The number of hydrogen-bond acceptors (Lipinski definition) is 7. The summed E-state index contributed by atoms with van der Waals surface area (Å²) in [4.78, 5) is 35.6. The maximum Gasteiger partial charge on any atom is 0.290 e. The van der Waals surface area contributed by atoms with Gasteiger partial charge in [-0.15, -0.1) is 11.3 Å². The van der Waals surface area contributed by atoms with Gasteiger partial charge in [-0.3, -0.25) is 9.59 Å². The number of carbonyl (C=O) groups excluding carboxylic acids is 2. The number of aliphatic hydroxyl groups excluding tert-OH is 1. The molecule has 1 amide bonds. The number of Topliss-reactive ketones (excluding diaryl/α,β-unsaturated/α-hetero) is 1. The zero-order valence-corrected chi connectivity index (χ0v) is 21.4. The van der Waals surface area contributed by atoms with E-state index in [2.05, 4.69) is 11.6 Å². The molecule has 2 aromatic carbocycles. The first-order valence-corrected chi connectivity index (χ1v) is 12.4. The average Bonchev–Trinajstić information content (AvgIpc) is 3.39. The van der Waals surface area contributed by atoms with Crippen molar-refractivity contribution < 1.29 is 19.4 Å². The number of rotatable bonds is 10. The monoisotopic (exact) mass is 503 g/mol. The fraction of sp³-hybridized carbons (Fsp3) is 0.250. The molecule has 4 rings (SSSR count). The number of carbonyl (C=O) groups is 2. The fourth-order valence-corrected chi connectivity index (χ4v) is 5.16. The van der Waals surface area contributed by atoms with E-state index in [1.165, 1.54) is 11.3 Å². The van der Waals surface area contributed by atoms with Crippen molar-refractivity contribution in [2.24, 2.45) is 0 Å². The third-order valence-corrected chi connectivity index (χ3v) is 7.11. The number of benzene rings is 2. The molecule has 0 saturated heterocycles. The molecule has 0 fully saturated rings. The van der Waals surface area contributed by atoms with E-state index in [4.69, 9.17) is 4.74 Å². The first-order valence-electron chi connectivity index (χ1n) is 11.6. The summed E-state index contributed by atoms with van der Waals surface area (Å²) in [7, 11) is 3.81. The third-order valence-electron chi connectivity index (χ3n) is 5.90. The summed E-state index contributed by atoms with van der Waals surface area (Å²) in [6.45, 7) is 6.68. The molecular weight excluding hydrogens is 474 g/mol. The Morgan fingerprint density at radius 2 is 1.97 bits per heavy atom. The number of amides is 1. The normalized spacial score (nSPS) is 15.6. The standard InChI is InChI=1S/C28H29N3O4S/c1-5-16-35-21-13-9-12-20(17-21)23-22(25(33)28(34)31(23)15-14-30(3)4)24(32)26-18(2)29-27(36-26)19-10-7-6-8-11-19/h5-13,17,23,33H,1,14-16H2,2-4H3. The SMILES string of the molecule is C=CCOc1cccc(C2C(C(=O)c3sc(-c4ccccc4)nc3C)=C(O)C(=O)N2CCN(C)C)c1. The van der Waals surface area contributed by atoms with Crippen molar-refractivity contribution in [3.8, 4) is 16.3 Å². The molecule has 0 spiro atoms. The number of hydrogen-bond donors (Lipinski definition) is 1. The van der Waals surface area contributed by atoms with Gasteiger partial charge in [-0.05, 0) is 38.7 Å². The van der Waals surface area contributed by atoms with Gasteiger partial charge >= 0.3 is 0 Å². The van der Waals surface area contributed by atoms with Crippen molar-refractivity contribution >= 4 is 23.0 Å². The summed E-state index contributed by atoms with van der Waals surface area (Å²) in [5.41, 5.74) is 2.21. The molecule has 1 aromatic heterocycles. The van der Waals surface area contributed by atoms with Crippen molar-refractivity contribution in [3.63, 3.8) is 0 Å². The van der Waals surface area contributed by atoms with Crippen molar-refractivity contribution in [1.82, 2.24) is 14.8 Å². The van der Waals surface area contributed by atoms with Crippen LogP contribution in [0.1, 0.15) is 27.0 Å². The molecule has 3 aromatic rings. The van der Waals surface area contributed by atoms with E-state index in [0.29, 0.717) is 46.6 Å². The zero-order valence-electron chi connectivity index (χ0n) is 20.6. The lowest BCUT2D eigenvalue weighted by atomic mass is 9.95. The maximum atomic E-state index is 13.9. The zero-order chi connectivity index (χ0) is 25.8. The Morgan fingerprint density at radius 1 is 1.22 bits per heavy atom. The van der Waals surface area contributed by atoms with Crippen LogP contribution < -0.4 is 4.74 Å². The van der Waals surface area contributed by atoms with Crippen molar-refractivity contribution in [1.29, 1.82) is 0 Å². The van der Waals surface area contributed by atoms with Gasteiger partial charge in [-0.2, -0.15) is 0 Å². The number of thiazole rings is 1. The summed E-state index contributed by atoms with van der Waals surface area (Å²) < 4.78 is 5.69. The number of aromatic nitrogens is 1. The number of aryl methyl sites for hydroxylation is 1. The first-order chi connectivity index (χ1) is 17.3.